The van der Waals surface area contributed by atoms with Crippen molar-refractivity contribution in [1.82, 2.24) is 4.37 Å². The number of aromatic nitrogens is 1. The van der Waals surface area contributed by atoms with Crippen molar-refractivity contribution in [3.05, 3.63) is 0 Å². The normalized spacial score (nSPS) is 16.6. The summed E-state index contributed by atoms with van der Waals surface area (Å²) < 4.78 is 65.0. The third kappa shape index (κ3) is 2.94. The Labute approximate surface area is 112 Å². The predicted molar refractivity (Wildman–Crippen MR) is 66.1 cm³/mol. The van der Waals surface area contributed by atoms with Crippen LogP contribution in [0.1, 0.15) is 12.8 Å². The molecule has 0 spiro atoms. The molecule has 0 bridgehead atoms. The molecule has 0 unspecified atom stereocenters. The summed E-state index contributed by atoms with van der Waals surface area (Å²) in [6, 6.07) is 0. The number of hydrogen-bond donors (Lipinski definition) is 1. The average molecular weight is 315 g/mol. The Kier molecular flexibility index (Phi) is 3.42. The highest BCUT2D eigenvalue weighted by Gasteiger charge is 2.42. The summed E-state index contributed by atoms with van der Waals surface area (Å²) in [6.45, 7) is -1.25. The van der Waals surface area contributed by atoms with Crippen LogP contribution in [0.4, 0.5) is 24.0 Å². The van der Waals surface area contributed by atoms with E-state index in [9.17, 15) is 21.6 Å². The van der Waals surface area contributed by atoms with Crippen LogP contribution in [0.3, 0.4) is 0 Å². The lowest BCUT2D eigenvalue weighted by molar-refractivity contribution is -0.119. The fraction of sp³-hybridized carbons (Fsp3) is 0.667. The van der Waals surface area contributed by atoms with Crippen molar-refractivity contribution in [1.29, 1.82) is 0 Å². The molecule has 1 aromatic rings. The van der Waals surface area contributed by atoms with Crippen LogP contribution in [0.5, 0.6) is 0 Å². The van der Waals surface area contributed by atoms with Crippen LogP contribution in [0.15, 0.2) is 4.90 Å². The van der Waals surface area contributed by atoms with Gasteiger partial charge in [0.25, 0.3) is 0 Å². The highest BCUT2D eigenvalue weighted by molar-refractivity contribution is 7.92. The summed E-state index contributed by atoms with van der Waals surface area (Å²) in [4.78, 5) is 0.565. The van der Waals surface area contributed by atoms with Gasteiger partial charge in [0.2, 0.25) is 0 Å². The molecule has 5 nitrogen and oxygen atoms in total. The number of nitrogens with zero attached hydrogens (tertiary/aromatic N) is 2. The molecular formula is C9H12F3N3O2S2. The molecule has 1 saturated carbocycles. The molecule has 1 heterocycles. The quantitative estimate of drug-likeness (QED) is 0.914. The van der Waals surface area contributed by atoms with Crippen molar-refractivity contribution in [2.45, 2.75) is 29.2 Å². The Morgan fingerprint density at radius 3 is 2.53 bits per heavy atom. The summed E-state index contributed by atoms with van der Waals surface area (Å²) in [7, 11) is -2.50. The van der Waals surface area contributed by atoms with E-state index >= 15 is 0 Å². The van der Waals surface area contributed by atoms with Crippen LogP contribution in [0.25, 0.3) is 0 Å². The fourth-order valence-corrected chi connectivity index (χ4v) is 4.69. The minimum atomic E-state index is -4.42. The molecule has 2 N–H and O–H groups in total. The lowest BCUT2D eigenvalue weighted by Gasteiger charge is -2.20. The van der Waals surface area contributed by atoms with Crippen LogP contribution in [-0.4, -0.2) is 37.8 Å². The standard InChI is InChI=1S/C9H12F3N3O2S2/c1-15(4-9(10,11)12)8-6(7(13)14-18-8)19(16,17)5-2-3-5/h5H,2-4H2,1H3,(H2,13,14). The zero-order valence-corrected chi connectivity index (χ0v) is 11.6. The van der Waals surface area contributed by atoms with Crippen molar-refractivity contribution >= 4 is 32.2 Å². The lowest BCUT2D eigenvalue weighted by atomic mass is 10.5. The largest absolute Gasteiger partial charge is 0.405 e. The van der Waals surface area contributed by atoms with Gasteiger partial charge in [0.1, 0.15) is 16.4 Å². The minimum absolute atomic E-state index is 0.0540. The van der Waals surface area contributed by atoms with E-state index in [2.05, 4.69) is 4.37 Å². The van der Waals surface area contributed by atoms with E-state index in [0.29, 0.717) is 24.4 Å². The number of halogens is 3. The first-order chi connectivity index (χ1) is 8.63. The first kappa shape index (κ1) is 14.4. The maximum absolute atomic E-state index is 12.4. The molecule has 1 aromatic heterocycles. The maximum Gasteiger partial charge on any atom is 0.405 e. The first-order valence-electron chi connectivity index (χ1n) is 5.40. The number of nitrogens with two attached hydrogens (primary N) is 1. The summed E-state index contributed by atoms with van der Waals surface area (Å²) in [5.41, 5.74) is 5.51. The second-order valence-electron chi connectivity index (χ2n) is 4.42. The van der Waals surface area contributed by atoms with Gasteiger partial charge >= 0.3 is 6.18 Å². The molecule has 2 rings (SSSR count). The number of nitrogen functional groups attached to an aromatic ring is 1. The molecule has 0 atom stereocenters. The third-order valence-electron chi connectivity index (χ3n) is 2.67. The Hall–Kier alpha value is -1.03. The Morgan fingerprint density at radius 1 is 1.47 bits per heavy atom. The molecule has 10 heteroatoms. The summed E-state index contributed by atoms with van der Waals surface area (Å²) in [5, 5.41) is -0.592. The minimum Gasteiger partial charge on any atom is -0.382 e. The van der Waals surface area contributed by atoms with Gasteiger partial charge < -0.3 is 10.6 Å². The number of rotatable bonds is 4. The molecule has 0 aliphatic heterocycles. The van der Waals surface area contributed by atoms with Gasteiger partial charge in [-0.1, -0.05) is 0 Å². The van der Waals surface area contributed by atoms with Crippen LogP contribution >= 0.6 is 11.5 Å². The van der Waals surface area contributed by atoms with Gasteiger partial charge in [-0.25, -0.2) is 8.42 Å². The molecule has 0 saturated heterocycles. The van der Waals surface area contributed by atoms with Crippen molar-refractivity contribution in [2.75, 3.05) is 24.2 Å². The van der Waals surface area contributed by atoms with E-state index < -0.39 is 27.8 Å². The zero-order chi connectivity index (χ0) is 14.4. The van der Waals surface area contributed by atoms with Gasteiger partial charge in [0.15, 0.2) is 15.7 Å². The molecule has 108 valence electrons. The molecule has 1 aliphatic carbocycles. The van der Waals surface area contributed by atoms with Gasteiger partial charge in [-0.3, -0.25) is 0 Å². The fourth-order valence-electron chi connectivity index (χ4n) is 1.68. The van der Waals surface area contributed by atoms with Crippen molar-refractivity contribution in [2.24, 2.45) is 0 Å². The third-order valence-corrected chi connectivity index (χ3v) is 6.09. The highest BCUT2D eigenvalue weighted by atomic mass is 32.2. The Morgan fingerprint density at radius 2 is 2.05 bits per heavy atom. The van der Waals surface area contributed by atoms with Crippen molar-refractivity contribution in [3.63, 3.8) is 0 Å². The van der Waals surface area contributed by atoms with Crippen molar-refractivity contribution in [3.8, 4) is 0 Å². The molecule has 0 aromatic carbocycles. The molecule has 19 heavy (non-hydrogen) atoms. The van der Waals surface area contributed by atoms with E-state index in [1.54, 1.807) is 0 Å². The monoisotopic (exact) mass is 315 g/mol. The van der Waals surface area contributed by atoms with Crippen LogP contribution < -0.4 is 10.6 Å². The van der Waals surface area contributed by atoms with Gasteiger partial charge in [-0.15, -0.1) is 0 Å². The predicted octanol–water partition coefficient (Wildman–Crippen LogP) is 1.66. The van der Waals surface area contributed by atoms with Gasteiger partial charge in [0, 0.05) is 7.05 Å². The molecule has 0 radical (unpaired) electrons. The van der Waals surface area contributed by atoms with E-state index in [-0.39, 0.29) is 15.7 Å². The summed E-state index contributed by atoms with van der Waals surface area (Å²) in [5.74, 6) is -0.221. The van der Waals surface area contributed by atoms with Crippen LogP contribution in [-0.2, 0) is 9.84 Å². The Bertz CT molecular complexity index is 578. The molecule has 1 aliphatic rings. The number of hydrogen-bond acceptors (Lipinski definition) is 6. The Balaban J connectivity index is 2.38. The molecular weight excluding hydrogens is 303 g/mol. The van der Waals surface area contributed by atoms with Gasteiger partial charge in [-0.2, -0.15) is 17.5 Å². The van der Waals surface area contributed by atoms with E-state index in [0.717, 1.165) is 4.90 Å². The van der Waals surface area contributed by atoms with E-state index in [1.165, 1.54) is 7.05 Å². The van der Waals surface area contributed by atoms with Crippen molar-refractivity contribution < 1.29 is 21.6 Å². The summed E-state index contributed by atoms with van der Waals surface area (Å²) >= 11 is 0.669. The SMILES string of the molecule is CN(CC(F)(F)F)c1snc(N)c1S(=O)(=O)C1CC1. The second-order valence-corrected chi connectivity index (χ2v) is 7.33. The number of anilines is 2. The lowest BCUT2D eigenvalue weighted by Crippen LogP contribution is -2.31. The maximum atomic E-state index is 12.4. The molecule has 1 fully saturated rings. The van der Waals surface area contributed by atoms with Crippen LogP contribution in [0.2, 0.25) is 0 Å². The van der Waals surface area contributed by atoms with E-state index in [4.69, 9.17) is 5.73 Å². The van der Waals surface area contributed by atoms with Crippen LogP contribution in [0, 0.1) is 0 Å². The highest BCUT2D eigenvalue weighted by Crippen LogP contribution is 2.42. The van der Waals surface area contributed by atoms with Gasteiger partial charge in [0.05, 0.1) is 5.25 Å². The number of sulfone groups is 1. The van der Waals surface area contributed by atoms with Gasteiger partial charge in [-0.05, 0) is 24.4 Å². The summed E-state index contributed by atoms with van der Waals surface area (Å²) in [6.07, 6.45) is -3.39. The second kappa shape index (κ2) is 4.51. The molecule has 0 amide bonds. The smallest absolute Gasteiger partial charge is 0.382 e. The number of alkyl halides is 3. The average Bonchev–Trinajstić information content (AvgIpc) is 2.99. The zero-order valence-electron chi connectivity index (χ0n) is 9.94. The topological polar surface area (TPSA) is 76.3 Å². The first-order valence-corrected chi connectivity index (χ1v) is 7.72. The van der Waals surface area contributed by atoms with E-state index in [1.807, 2.05) is 0 Å².